The molecule has 0 radical (unpaired) electrons. The van der Waals surface area contributed by atoms with Crippen LogP contribution in [-0.2, 0) is 0 Å². The lowest BCUT2D eigenvalue weighted by atomic mass is 9.86. The van der Waals surface area contributed by atoms with E-state index in [2.05, 4.69) is 33.6 Å². The number of imidazole rings is 1. The maximum atomic E-state index is 14.5. The number of rotatable bonds is 4. The fourth-order valence-electron chi connectivity index (χ4n) is 6.22. The zero-order valence-corrected chi connectivity index (χ0v) is 21.2. The summed E-state index contributed by atoms with van der Waals surface area (Å²) in [5, 5.41) is 6.61. The summed E-state index contributed by atoms with van der Waals surface area (Å²) in [6.45, 7) is 6.12. The molecular weight excluding hydrogens is 481 g/mol. The normalized spacial score (nSPS) is 26.4. The van der Waals surface area contributed by atoms with Crippen LogP contribution in [0.15, 0.2) is 48.0 Å². The molecule has 3 aliphatic rings. The highest BCUT2D eigenvalue weighted by molar-refractivity contribution is 6.01. The monoisotopic (exact) mass is 510 g/mol. The van der Waals surface area contributed by atoms with Gasteiger partial charge in [0.1, 0.15) is 29.3 Å². The van der Waals surface area contributed by atoms with E-state index in [1.54, 1.807) is 35.3 Å². The summed E-state index contributed by atoms with van der Waals surface area (Å²) in [6, 6.07) is 5.68. The van der Waals surface area contributed by atoms with Gasteiger partial charge in [-0.15, -0.1) is 0 Å². The first-order chi connectivity index (χ1) is 17.6. The summed E-state index contributed by atoms with van der Waals surface area (Å²) in [5.41, 5.74) is 0.903. The second-order valence-electron chi connectivity index (χ2n) is 10.3. The molecular formula is C26H29F3N8. The number of nitrogens with zero attached hydrogens (tertiary/aromatic N) is 8. The first-order valence-corrected chi connectivity index (χ1v) is 12.5. The number of likely N-dealkylation sites (N-methyl/N-ethyl adjacent to an activating group) is 1. The number of hydrazone groups is 1. The largest absolute Gasteiger partial charge is 0.342 e. The first kappa shape index (κ1) is 23.7. The van der Waals surface area contributed by atoms with Crippen LogP contribution in [0, 0.1) is 5.82 Å². The Hall–Kier alpha value is -3.63. The molecule has 1 aliphatic carbocycles. The van der Waals surface area contributed by atoms with Crippen LogP contribution in [0.25, 0.3) is 17.3 Å². The Balaban J connectivity index is 1.52. The van der Waals surface area contributed by atoms with Gasteiger partial charge in [0.2, 0.25) is 11.9 Å². The summed E-state index contributed by atoms with van der Waals surface area (Å²) in [4.78, 5) is 18.3. The molecule has 11 heteroatoms. The number of fused-ring (bicyclic) bond motifs is 3. The van der Waals surface area contributed by atoms with Gasteiger partial charge in [0.05, 0.1) is 11.7 Å². The van der Waals surface area contributed by atoms with Gasteiger partial charge in [0.25, 0.3) is 0 Å². The number of halogens is 3. The van der Waals surface area contributed by atoms with E-state index in [-0.39, 0.29) is 30.9 Å². The number of amidine groups is 1. The third kappa shape index (κ3) is 3.58. The van der Waals surface area contributed by atoms with Gasteiger partial charge in [-0.3, -0.25) is 14.5 Å². The third-order valence-electron chi connectivity index (χ3n) is 8.00. The van der Waals surface area contributed by atoms with E-state index < -0.39 is 11.5 Å². The maximum Gasteiger partial charge on any atom is 0.250 e. The highest BCUT2D eigenvalue weighted by atomic mass is 19.3. The standard InChI is InChI=1S/C26H29F3N8/c1-5-25(3)23-34(4)33-16(2)36(23)20-15-31-24(32-22(20)37(25)19-10-11-26(28,29)14-19)35-13-12-30-21(35)17-6-8-18(27)9-7-17/h6-9,12-13,15,19,23H,5,10-11,14H2,1-4H3/t19?,23?,25-/m1/s1. The van der Waals surface area contributed by atoms with Crippen molar-refractivity contribution >= 4 is 17.3 Å². The molecule has 2 aliphatic heterocycles. The molecule has 37 heavy (non-hydrogen) atoms. The summed E-state index contributed by atoms with van der Waals surface area (Å²) >= 11 is 0. The molecule has 2 aromatic heterocycles. The molecule has 8 nitrogen and oxygen atoms in total. The van der Waals surface area contributed by atoms with Gasteiger partial charge in [-0.25, -0.2) is 23.1 Å². The van der Waals surface area contributed by atoms with E-state index in [9.17, 15) is 13.2 Å². The molecule has 0 N–H and O–H groups in total. The first-order valence-electron chi connectivity index (χ1n) is 12.5. The number of benzene rings is 1. The van der Waals surface area contributed by atoms with Crippen LogP contribution in [0.3, 0.4) is 0 Å². The molecule has 0 bridgehead atoms. The Labute approximate surface area is 213 Å². The van der Waals surface area contributed by atoms with Crippen LogP contribution in [0.2, 0.25) is 0 Å². The Bertz CT molecular complexity index is 1370. The van der Waals surface area contributed by atoms with Crippen molar-refractivity contribution in [2.24, 2.45) is 5.10 Å². The number of anilines is 2. The molecule has 2 unspecified atom stereocenters. The second-order valence-corrected chi connectivity index (χ2v) is 10.3. The van der Waals surface area contributed by atoms with Crippen molar-refractivity contribution in [1.29, 1.82) is 0 Å². The predicted octanol–water partition coefficient (Wildman–Crippen LogP) is 5.06. The van der Waals surface area contributed by atoms with Crippen molar-refractivity contribution in [1.82, 2.24) is 24.5 Å². The van der Waals surface area contributed by atoms with E-state index >= 15 is 0 Å². The quantitative estimate of drug-likeness (QED) is 0.489. The smallest absolute Gasteiger partial charge is 0.250 e. The maximum absolute atomic E-state index is 14.5. The van der Waals surface area contributed by atoms with Crippen molar-refractivity contribution in [2.75, 3.05) is 16.8 Å². The summed E-state index contributed by atoms with van der Waals surface area (Å²) < 4.78 is 44.3. The van der Waals surface area contributed by atoms with Gasteiger partial charge in [-0.1, -0.05) is 6.92 Å². The molecule has 0 spiro atoms. The van der Waals surface area contributed by atoms with Gasteiger partial charge in [0.15, 0.2) is 5.82 Å². The van der Waals surface area contributed by atoms with E-state index in [0.29, 0.717) is 36.0 Å². The zero-order chi connectivity index (χ0) is 26.1. The van der Waals surface area contributed by atoms with Crippen LogP contribution in [0.4, 0.5) is 24.7 Å². The SMILES string of the molecule is CC[C@]1(C)C2N(C)N=C(C)N2c2cnc(-n3ccnc3-c3ccc(F)cc3)nc2N1C1CCC(F)(F)C1. The van der Waals surface area contributed by atoms with Crippen molar-refractivity contribution in [3.05, 3.63) is 48.7 Å². The molecule has 3 aromatic rings. The van der Waals surface area contributed by atoms with Crippen LogP contribution in [0.1, 0.15) is 46.5 Å². The Morgan fingerprint density at radius 1 is 1.14 bits per heavy atom. The Morgan fingerprint density at radius 3 is 2.57 bits per heavy atom. The van der Waals surface area contributed by atoms with E-state index in [1.807, 2.05) is 19.0 Å². The second kappa shape index (κ2) is 8.19. The number of aromatic nitrogens is 4. The van der Waals surface area contributed by atoms with Crippen LogP contribution in [0.5, 0.6) is 0 Å². The lowest BCUT2D eigenvalue weighted by Crippen LogP contribution is -2.69. The third-order valence-corrected chi connectivity index (χ3v) is 8.00. The van der Waals surface area contributed by atoms with Gasteiger partial charge < -0.3 is 4.90 Å². The fourth-order valence-corrected chi connectivity index (χ4v) is 6.22. The molecule has 1 saturated carbocycles. The number of alkyl halides is 2. The lowest BCUT2D eigenvalue weighted by Gasteiger charge is -2.56. The average Bonchev–Trinajstić information content (AvgIpc) is 3.57. The molecule has 6 rings (SSSR count). The van der Waals surface area contributed by atoms with Gasteiger partial charge >= 0.3 is 0 Å². The number of hydrogen-bond donors (Lipinski definition) is 0. The number of hydrogen-bond acceptors (Lipinski definition) is 7. The molecule has 4 heterocycles. The fraction of sp³-hybridized carbons (Fsp3) is 0.462. The molecule has 0 saturated heterocycles. The topological polar surface area (TPSA) is 65.7 Å². The summed E-state index contributed by atoms with van der Waals surface area (Å²) in [5.74, 6) is -0.709. The Morgan fingerprint density at radius 2 is 1.89 bits per heavy atom. The van der Waals surface area contributed by atoms with Gasteiger partial charge in [-0.2, -0.15) is 10.1 Å². The highest BCUT2D eigenvalue weighted by Crippen LogP contribution is 2.51. The summed E-state index contributed by atoms with van der Waals surface area (Å²) in [6.07, 6.45) is 5.66. The van der Waals surface area contributed by atoms with E-state index in [1.165, 1.54) is 12.1 Å². The lowest BCUT2D eigenvalue weighted by molar-refractivity contribution is 0.00659. The highest BCUT2D eigenvalue weighted by Gasteiger charge is 2.57. The average molecular weight is 511 g/mol. The predicted molar refractivity (Wildman–Crippen MR) is 135 cm³/mol. The van der Waals surface area contributed by atoms with Crippen molar-refractivity contribution in [3.8, 4) is 17.3 Å². The van der Waals surface area contributed by atoms with Crippen LogP contribution in [-0.4, -0.2) is 61.1 Å². The van der Waals surface area contributed by atoms with Crippen molar-refractivity contribution < 1.29 is 13.2 Å². The summed E-state index contributed by atoms with van der Waals surface area (Å²) in [7, 11) is 1.92. The zero-order valence-electron chi connectivity index (χ0n) is 21.2. The minimum atomic E-state index is -2.71. The molecule has 194 valence electrons. The molecule has 1 aromatic carbocycles. The van der Waals surface area contributed by atoms with E-state index in [4.69, 9.17) is 10.1 Å². The minimum absolute atomic E-state index is 0.142. The Kier molecular flexibility index (Phi) is 5.26. The van der Waals surface area contributed by atoms with Crippen molar-refractivity contribution in [3.63, 3.8) is 0 Å². The van der Waals surface area contributed by atoms with E-state index in [0.717, 1.165) is 11.5 Å². The van der Waals surface area contributed by atoms with Gasteiger partial charge in [0, 0.05) is 43.9 Å². The molecule has 3 atom stereocenters. The van der Waals surface area contributed by atoms with Crippen molar-refractivity contribution in [2.45, 2.75) is 70.1 Å². The molecule has 0 amide bonds. The van der Waals surface area contributed by atoms with Crippen LogP contribution < -0.4 is 9.80 Å². The van der Waals surface area contributed by atoms with Crippen LogP contribution >= 0.6 is 0 Å². The minimum Gasteiger partial charge on any atom is -0.342 e. The van der Waals surface area contributed by atoms with Gasteiger partial charge in [-0.05, 0) is 51.0 Å². The molecule has 1 fully saturated rings.